The summed E-state index contributed by atoms with van der Waals surface area (Å²) in [6.45, 7) is 1.58. The van der Waals surface area contributed by atoms with E-state index in [1.807, 2.05) is 6.07 Å². The number of nitrogens with one attached hydrogen (secondary N) is 1. The van der Waals surface area contributed by atoms with Crippen LogP contribution in [0.5, 0.6) is 0 Å². The van der Waals surface area contributed by atoms with Gasteiger partial charge in [0.05, 0.1) is 5.56 Å². The van der Waals surface area contributed by atoms with Crippen molar-refractivity contribution in [2.45, 2.75) is 38.7 Å². The van der Waals surface area contributed by atoms with Crippen LogP contribution in [-0.2, 0) is 11.3 Å². The molecule has 1 aliphatic rings. The quantitative estimate of drug-likeness (QED) is 0.874. The predicted molar refractivity (Wildman–Crippen MR) is 79.5 cm³/mol. The molecular weight excluding hydrogens is 282 g/mol. The van der Waals surface area contributed by atoms with Crippen molar-refractivity contribution in [3.8, 4) is 0 Å². The first-order chi connectivity index (χ1) is 10.6. The van der Waals surface area contributed by atoms with Crippen LogP contribution in [0, 0.1) is 6.92 Å². The summed E-state index contributed by atoms with van der Waals surface area (Å²) in [6.07, 6.45) is 5.11. The lowest BCUT2D eigenvalue weighted by Gasteiger charge is -2.24. The van der Waals surface area contributed by atoms with E-state index in [1.165, 1.54) is 31.5 Å². The van der Waals surface area contributed by atoms with Crippen molar-refractivity contribution in [1.82, 2.24) is 15.2 Å². The number of nitrogens with zero attached hydrogens (tertiary/aromatic N) is 2. The number of aromatic nitrogens is 3. The minimum atomic E-state index is -0.505. The number of H-pyrrole nitrogens is 1. The van der Waals surface area contributed by atoms with E-state index in [4.69, 9.17) is 4.74 Å². The van der Waals surface area contributed by atoms with E-state index >= 15 is 0 Å². The number of pyridine rings is 1. The third kappa shape index (κ3) is 3.05. The molecule has 6 heteroatoms. The number of esters is 1. The van der Waals surface area contributed by atoms with Gasteiger partial charge in [0.1, 0.15) is 12.3 Å². The van der Waals surface area contributed by atoms with Crippen LogP contribution in [0.4, 0.5) is 0 Å². The molecule has 0 saturated heterocycles. The molecule has 0 radical (unpaired) electrons. The van der Waals surface area contributed by atoms with Crippen LogP contribution < -0.4 is 5.43 Å². The SMILES string of the molecule is Cc1cc(=O)c(COC(=O)c2ccc(C3CCC3)nc2)n[nH]1. The highest BCUT2D eigenvalue weighted by molar-refractivity contribution is 5.88. The molecule has 2 aromatic heterocycles. The van der Waals surface area contributed by atoms with Gasteiger partial charge in [0.25, 0.3) is 0 Å². The summed E-state index contributed by atoms with van der Waals surface area (Å²) in [5.74, 6) is 0.0230. The molecular formula is C16H17N3O3. The molecule has 114 valence electrons. The zero-order valence-corrected chi connectivity index (χ0v) is 12.3. The maximum atomic E-state index is 12.0. The van der Waals surface area contributed by atoms with E-state index in [0.29, 0.717) is 17.2 Å². The number of hydrogen-bond acceptors (Lipinski definition) is 5. The van der Waals surface area contributed by atoms with E-state index in [0.717, 1.165) is 5.69 Å². The second-order valence-electron chi connectivity index (χ2n) is 5.54. The molecule has 1 aliphatic carbocycles. The van der Waals surface area contributed by atoms with Gasteiger partial charge in [0.2, 0.25) is 5.43 Å². The van der Waals surface area contributed by atoms with Crippen LogP contribution in [-0.4, -0.2) is 21.2 Å². The Morgan fingerprint density at radius 1 is 1.41 bits per heavy atom. The fourth-order valence-electron chi connectivity index (χ4n) is 2.32. The maximum absolute atomic E-state index is 12.0. The van der Waals surface area contributed by atoms with Crippen molar-refractivity contribution >= 4 is 5.97 Å². The molecule has 0 bridgehead atoms. The maximum Gasteiger partial charge on any atom is 0.340 e. The monoisotopic (exact) mass is 299 g/mol. The molecule has 1 saturated carbocycles. The van der Waals surface area contributed by atoms with E-state index < -0.39 is 5.97 Å². The summed E-state index contributed by atoms with van der Waals surface area (Å²) in [5, 5.41) is 6.55. The minimum absolute atomic E-state index is 0.154. The fourth-order valence-corrected chi connectivity index (χ4v) is 2.32. The van der Waals surface area contributed by atoms with Gasteiger partial charge in [-0.15, -0.1) is 0 Å². The highest BCUT2D eigenvalue weighted by Gasteiger charge is 2.21. The van der Waals surface area contributed by atoms with Crippen LogP contribution in [0.2, 0.25) is 0 Å². The number of aryl methyl sites for hydroxylation is 1. The minimum Gasteiger partial charge on any atom is -0.455 e. The molecule has 0 aromatic carbocycles. The van der Waals surface area contributed by atoms with Crippen molar-refractivity contribution < 1.29 is 9.53 Å². The van der Waals surface area contributed by atoms with Gasteiger partial charge < -0.3 is 4.74 Å². The van der Waals surface area contributed by atoms with Crippen LogP contribution in [0.3, 0.4) is 0 Å². The molecule has 0 unspecified atom stereocenters. The Morgan fingerprint density at radius 3 is 2.82 bits per heavy atom. The third-order valence-electron chi connectivity index (χ3n) is 3.88. The molecule has 1 fully saturated rings. The molecule has 0 atom stereocenters. The average molecular weight is 299 g/mol. The number of hydrogen-bond donors (Lipinski definition) is 1. The van der Waals surface area contributed by atoms with Gasteiger partial charge in [-0.25, -0.2) is 4.79 Å². The Hall–Kier alpha value is -2.50. The summed E-state index contributed by atoms with van der Waals surface area (Å²) >= 11 is 0. The van der Waals surface area contributed by atoms with Crippen LogP contribution >= 0.6 is 0 Å². The fraction of sp³-hybridized carbons (Fsp3) is 0.375. The van der Waals surface area contributed by atoms with Crippen molar-refractivity contribution in [1.29, 1.82) is 0 Å². The van der Waals surface area contributed by atoms with Crippen LogP contribution in [0.15, 0.2) is 29.2 Å². The zero-order valence-electron chi connectivity index (χ0n) is 12.3. The molecule has 2 aromatic rings. The molecule has 0 aliphatic heterocycles. The Kier molecular flexibility index (Phi) is 4.00. The Morgan fingerprint density at radius 2 is 2.23 bits per heavy atom. The van der Waals surface area contributed by atoms with Gasteiger partial charge in [-0.2, -0.15) is 5.10 Å². The predicted octanol–water partition coefficient (Wildman–Crippen LogP) is 2.10. The van der Waals surface area contributed by atoms with Gasteiger partial charge in [0, 0.05) is 29.6 Å². The zero-order chi connectivity index (χ0) is 15.5. The number of ether oxygens (including phenoxy) is 1. The average Bonchev–Trinajstić information content (AvgIpc) is 2.45. The second-order valence-corrected chi connectivity index (χ2v) is 5.54. The Labute approximate surface area is 127 Å². The second kappa shape index (κ2) is 6.09. The lowest BCUT2D eigenvalue weighted by atomic mass is 9.82. The molecule has 3 rings (SSSR count). The van der Waals surface area contributed by atoms with Crippen molar-refractivity contribution in [2.75, 3.05) is 0 Å². The molecule has 2 heterocycles. The summed E-state index contributed by atoms with van der Waals surface area (Å²) in [7, 11) is 0. The first-order valence-corrected chi connectivity index (χ1v) is 7.32. The van der Waals surface area contributed by atoms with E-state index in [1.54, 1.807) is 13.0 Å². The van der Waals surface area contributed by atoms with Gasteiger partial charge in [-0.1, -0.05) is 6.42 Å². The highest BCUT2D eigenvalue weighted by atomic mass is 16.5. The first-order valence-electron chi connectivity index (χ1n) is 7.32. The standard InChI is InChI=1S/C16H17N3O3/c1-10-7-15(20)14(19-18-10)9-22-16(21)12-5-6-13(17-8-12)11-3-2-4-11/h5-8,11H,2-4,9H2,1H3,(H,18,20). The summed E-state index contributed by atoms with van der Waals surface area (Å²) in [6, 6.07) is 5.01. The van der Waals surface area contributed by atoms with Gasteiger partial charge in [-0.05, 0) is 31.9 Å². The number of carbonyl (C=O) groups is 1. The molecule has 6 nitrogen and oxygen atoms in total. The van der Waals surface area contributed by atoms with Gasteiger partial charge in [-0.3, -0.25) is 14.9 Å². The Balaban J connectivity index is 1.62. The molecule has 1 N–H and O–H groups in total. The summed E-state index contributed by atoms with van der Waals surface area (Å²) in [5.41, 5.74) is 2.00. The van der Waals surface area contributed by atoms with E-state index in [9.17, 15) is 9.59 Å². The molecule has 0 amide bonds. The largest absolute Gasteiger partial charge is 0.455 e. The Bertz CT molecular complexity index is 733. The van der Waals surface area contributed by atoms with Gasteiger partial charge in [0.15, 0.2) is 0 Å². The summed E-state index contributed by atoms with van der Waals surface area (Å²) in [4.78, 5) is 27.9. The molecule has 22 heavy (non-hydrogen) atoms. The van der Waals surface area contributed by atoms with Crippen molar-refractivity contribution in [3.05, 3.63) is 57.3 Å². The van der Waals surface area contributed by atoms with E-state index in [-0.39, 0.29) is 17.7 Å². The highest BCUT2D eigenvalue weighted by Crippen LogP contribution is 2.34. The van der Waals surface area contributed by atoms with Crippen LogP contribution in [0.1, 0.15) is 52.6 Å². The third-order valence-corrected chi connectivity index (χ3v) is 3.88. The topological polar surface area (TPSA) is 84.9 Å². The number of carbonyl (C=O) groups excluding carboxylic acids is 1. The first kappa shape index (κ1) is 14.4. The van der Waals surface area contributed by atoms with Crippen molar-refractivity contribution in [2.24, 2.45) is 0 Å². The number of rotatable bonds is 4. The lowest BCUT2D eigenvalue weighted by molar-refractivity contribution is 0.0465. The van der Waals surface area contributed by atoms with Gasteiger partial charge >= 0.3 is 5.97 Å². The van der Waals surface area contributed by atoms with Crippen molar-refractivity contribution in [3.63, 3.8) is 0 Å². The smallest absolute Gasteiger partial charge is 0.340 e. The normalized spacial score (nSPS) is 14.4. The molecule has 0 spiro atoms. The lowest BCUT2D eigenvalue weighted by Crippen LogP contribution is -2.16. The summed E-state index contributed by atoms with van der Waals surface area (Å²) < 4.78 is 5.11. The number of aromatic amines is 1. The van der Waals surface area contributed by atoms with E-state index in [2.05, 4.69) is 15.2 Å². The van der Waals surface area contributed by atoms with Crippen LogP contribution in [0.25, 0.3) is 0 Å².